The predicted octanol–water partition coefficient (Wildman–Crippen LogP) is 1.84. The van der Waals surface area contributed by atoms with Crippen molar-refractivity contribution in [1.29, 1.82) is 0 Å². The molecule has 0 amide bonds. The summed E-state index contributed by atoms with van der Waals surface area (Å²) in [6.07, 6.45) is 0. The van der Waals surface area contributed by atoms with Gasteiger partial charge in [-0.25, -0.2) is 18.2 Å². The van der Waals surface area contributed by atoms with Crippen molar-refractivity contribution in [3.63, 3.8) is 0 Å². The van der Waals surface area contributed by atoms with Gasteiger partial charge in [-0.2, -0.15) is 4.31 Å². The summed E-state index contributed by atoms with van der Waals surface area (Å²) in [5, 5.41) is 2.54. The van der Waals surface area contributed by atoms with Crippen LogP contribution < -0.4 is 4.74 Å². The Morgan fingerprint density at radius 1 is 1.33 bits per heavy atom. The number of thiazole rings is 1. The number of benzene rings is 1. The van der Waals surface area contributed by atoms with Crippen molar-refractivity contribution in [2.75, 3.05) is 33.4 Å². The summed E-state index contributed by atoms with van der Waals surface area (Å²) in [4.78, 5) is 16.5. The highest BCUT2D eigenvalue weighted by Crippen LogP contribution is 2.28. The SMILES string of the molecule is COc1ccc(C(=O)OCc2nc(C)cs2)cc1S(=O)(=O)N1CCOCC1. The maximum Gasteiger partial charge on any atom is 0.338 e. The average Bonchev–Trinajstić information content (AvgIpc) is 3.11. The van der Waals surface area contributed by atoms with E-state index >= 15 is 0 Å². The van der Waals surface area contributed by atoms with E-state index in [1.807, 2.05) is 12.3 Å². The van der Waals surface area contributed by atoms with Crippen LogP contribution >= 0.6 is 11.3 Å². The maximum atomic E-state index is 13.0. The van der Waals surface area contributed by atoms with Gasteiger partial charge in [0.25, 0.3) is 0 Å². The Morgan fingerprint density at radius 3 is 2.70 bits per heavy atom. The van der Waals surface area contributed by atoms with Crippen LogP contribution in [0.15, 0.2) is 28.5 Å². The number of aromatic nitrogens is 1. The van der Waals surface area contributed by atoms with Gasteiger partial charge in [0.1, 0.15) is 22.3 Å². The lowest BCUT2D eigenvalue weighted by atomic mass is 10.2. The van der Waals surface area contributed by atoms with Gasteiger partial charge < -0.3 is 14.2 Å². The lowest BCUT2D eigenvalue weighted by Gasteiger charge is -2.26. The van der Waals surface area contributed by atoms with Crippen molar-refractivity contribution in [3.8, 4) is 5.75 Å². The summed E-state index contributed by atoms with van der Waals surface area (Å²) in [7, 11) is -2.43. The van der Waals surface area contributed by atoms with Crippen molar-refractivity contribution in [2.45, 2.75) is 18.4 Å². The van der Waals surface area contributed by atoms with E-state index in [1.165, 1.54) is 41.0 Å². The van der Waals surface area contributed by atoms with Crippen LogP contribution in [0.2, 0.25) is 0 Å². The predicted molar refractivity (Wildman–Crippen MR) is 98.5 cm³/mol. The number of nitrogens with zero attached hydrogens (tertiary/aromatic N) is 2. The molecular weight excluding hydrogens is 392 g/mol. The fourth-order valence-corrected chi connectivity index (χ4v) is 4.88. The van der Waals surface area contributed by atoms with Gasteiger partial charge in [0.05, 0.1) is 25.9 Å². The number of morpholine rings is 1. The van der Waals surface area contributed by atoms with E-state index in [1.54, 1.807) is 0 Å². The summed E-state index contributed by atoms with van der Waals surface area (Å²) >= 11 is 1.40. The van der Waals surface area contributed by atoms with E-state index in [0.717, 1.165) is 5.69 Å². The van der Waals surface area contributed by atoms with Crippen LogP contribution in [0.25, 0.3) is 0 Å². The molecule has 2 heterocycles. The Labute approximate surface area is 161 Å². The Morgan fingerprint density at radius 2 is 2.07 bits per heavy atom. The first kappa shape index (κ1) is 19.7. The third kappa shape index (κ3) is 4.46. The molecule has 1 aliphatic heterocycles. The summed E-state index contributed by atoms with van der Waals surface area (Å²) in [5.74, 6) is -0.447. The second kappa shape index (κ2) is 8.34. The van der Waals surface area contributed by atoms with Crippen LogP contribution in [-0.2, 0) is 26.1 Å². The Balaban J connectivity index is 1.83. The van der Waals surface area contributed by atoms with Crippen LogP contribution in [0, 0.1) is 6.92 Å². The molecule has 1 saturated heterocycles. The molecule has 0 radical (unpaired) electrons. The zero-order chi connectivity index (χ0) is 19.4. The van der Waals surface area contributed by atoms with E-state index in [0.29, 0.717) is 18.2 Å². The number of aryl methyl sites for hydroxylation is 1. The van der Waals surface area contributed by atoms with E-state index < -0.39 is 16.0 Å². The zero-order valence-corrected chi connectivity index (χ0v) is 16.6. The molecule has 1 fully saturated rings. The first-order chi connectivity index (χ1) is 12.9. The summed E-state index contributed by atoms with van der Waals surface area (Å²) in [6.45, 7) is 3.06. The molecule has 0 spiro atoms. The molecule has 2 aromatic rings. The summed E-state index contributed by atoms with van der Waals surface area (Å²) in [5.41, 5.74) is 0.991. The lowest BCUT2D eigenvalue weighted by molar-refractivity contribution is 0.0472. The topological polar surface area (TPSA) is 95.0 Å². The first-order valence-corrected chi connectivity index (χ1v) is 10.6. The molecule has 0 N–H and O–H groups in total. The fourth-order valence-electron chi connectivity index (χ4n) is 2.61. The van der Waals surface area contributed by atoms with E-state index in [2.05, 4.69) is 4.98 Å². The highest BCUT2D eigenvalue weighted by atomic mass is 32.2. The lowest BCUT2D eigenvalue weighted by Crippen LogP contribution is -2.40. The molecule has 0 bridgehead atoms. The molecule has 146 valence electrons. The van der Waals surface area contributed by atoms with Gasteiger partial charge in [0.15, 0.2) is 0 Å². The number of rotatable bonds is 6. The minimum Gasteiger partial charge on any atom is -0.495 e. The third-order valence-electron chi connectivity index (χ3n) is 3.98. The molecule has 27 heavy (non-hydrogen) atoms. The van der Waals surface area contributed by atoms with Gasteiger partial charge in [-0.05, 0) is 25.1 Å². The second-order valence-electron chi connectivity index (χ2n) is 5.84. The molecule has 10 heteroatoms. The fraction of sp³-hybridized carbons (Fsp3) is 0.412. The number of hydrogen-bond donors (Lipinski definition) is 0. The van der Waals surface area contributed by atoms with Gasteiger partial charge in [0, 0.05) is 24.2 Å². The minimum atomic E-state index is -3.81. The monoisotopic (exact) mass is 412 g/mol. The number of hydrogen-bond acceptors (Lipinski definition) is 8. The van der Waals surface area contributed by atoms with E-state index in [-0.39, 0.29) is 35.9 Å². The third-order valence-corrected chi connectivity index (χ3v) is 6.84. The average molecular weight is 412 g/mol. The number of methoxy groups -OCH3 is 1. The Hall–Kier alpha value is -2.01. The van der Waals surface area contributed by atoms with Crippen molar-refractivity contribution in [3.05, 3.63) is 39.8 Å². The Bertz CT molecular complexity index is 919. The van der Waals surface area contributed by atoms with Gasteiger partial charge in [0.2, 0.25) is 10.0 Å². The molecule has 1 aliphatic rings. The number of sulfonamides is 1. The van der Waals surface area contributed by atoms with Crippen molar-refractivity contribution >= 4 is 27.3 Å². The highest BCUT2D eigenvalue weighted by Gasteiger charge is 2.30. The molecular formula is C17H20N2O6S2. The zero-order valence-electron chi connectivity index (χ0n) is 15.0. The quantitative estimate of drug-likeness (QED) is 0.668. The molecule has 0 atom stereocenters. The molecule has 1 aromatic heterocycles. The van der Waals surface area contributed by atoms with E-state index in [4.69, 9.17) is 14.2 Å². The van der Waals surface area contributed by atoms with Crippen LogP contribution in [0.5, 0.6) is 5.75 Å². The largest absolute Gasteiger partial charge is 0.495 e. The number of carbonyl (C=O) groups excluding carboxylic acids is 1. The standard InChI is InChI=1S/C17H20N2O6S2/c1-12-11-26-16(18-12)10-25-17(20)13-3-4-14(23-2)15(9-13)27(21,22)19-5-7-24-8-6-19/h3-4,9,11H,5-8,10H2,1-2H3. The Kier molecular flexibility index (Phi) is 6.10. The van der Waals surface area contributed by atoms with Gasteiger partial charge in [-0.3, -0.25) is 0 Å². The number of carbonyl (C=O) groups is 1. The van der Waals surface area contributed by atoms with Crippen LogP contribution in [0.3, 0.4) is 0 Å². The normalized spacial score (nSPS) is 15.5. The molecule has 0 aliphatic carbocycles. The molecule has 1 aromatic carbocycles. The number of esters is 1. The van der Waals surface area contributed by atoms with Crippen molar-refractivity contribution in [1.82, 2.24) is 9.29 Å². The second-order valence-corrected chi connectivity index (χ2v) is 8.69. The van der Waals surface area contributed by atoms with Crippen LogP contribution in [0.1, 0.15) is 21.1 Å². The highest BCUT2D eigenvalue weighted by molar-refractivity contribution is 7.89. The van der Waals surface area contributed by atoms with Crippen molar-refractivity contribution in [2.24, 2.45) is 0 Å². The maximum absolute atomic E-state index is 13.0. The molecule has 3 rings (SSSR count). The smallest absolute Gasteiger partial charge is 0.338 e. The van der Waals surface area contributed by atoms with Gasteiger partial charge in [-0.15, -0.1) is 11.3 Å². The molecule has 0 saturated carbocycles. The van der Waals surface area contributed by atoms with Crippen LogP contribution in [0.4, 0.5) is 0 Å². The summed E-state index contributed by atoms with van der Waals surface area (Å²) < 4.78 is 42.9. The minimum absolute atomic E-state index is 0.0366. The molecule has 8 nitrogen and oxygen atoms in total. The molecule has 0 unspecified atom stereocenters. The van der Waals surface area contributed by atoms with Gasteiger partial charge in [-0.1, -0.05) is 0 Å². The van der Waals surface area contributed by atoms with Crippen molar-refractivity contribution < 1.29 is 27.4 Å². The van der Waals surface area contributed by atoms with E-state index in [9.17, 15) is 13.2 Å². The van der Waals surface area contributed by atoms with Crippen LogP contribution in [-0.4, -0.2) is 57.1 Å². The first-order valence-electron chi connectivity index (χ1n) is 8.26. The summed E-state index contributed by atoms with van der Waals surface area (Å²) in [6, 6.07) is 4.23. The van der Waals surface area contributed by atoms with Gasteiger partial charge >= 0.3 is 5.97 Å². The number of ether oxygens (including phenoxy) is 3.